The molecule has 0 aliphatic carbocycles. The van der Waals surface area contributed by atoms with E-state index >= 15 is 0 Å². The van der Waals surface area contributed by atoms with E-state index in [9.17, 15) is 14.9 Å². The number of hydrogen-bond acceptors (Lipinski definition) is 7. The largest absolute Gasteiger partial charge is 0.496 e. The number of nitro benzene ring substituents is 1. The van der Waals surface area contributed by atoms with Gasteiger partial charge in [0.2, 0.25) is 5.91 Å². The van der Waals surface area contributed by atoms with Crippen LogP contribution < -0.4 is 15.4 Å². The third-order valence-corrected chi connectivity index (χ3v) is 7.38. The number of aryl methyl sites for hydroxylation is 1. The summed E-state index contributed by atoms with van der Waals surface area (Å²) in [5, 5.41) is 18.1. The molecule has 41 heavy (non-hydrogen) atoms. The van der Waals surface area contributed by atoms with Gasteiger partial charge in [0.05, 0.1) is 35.4 Å². The van der Waals surface area contributed by atoms with Crippen LogP contribution in [0.15, 0.2) is 83.4 Å². The Labute approximate surface area is 242 Å². The van der Waals surface area contributed by atoms with Crippen molar-refractivity contribution in [3.63, 3.8) is 0 Å². The van der Waals surface area contributed by atoms with Gasteiger partial charge >= 0.3 is 0 Å². The summed E-state index contributed by atoms with van der Waals surface area (Å²) in [7, 11) is 1.45. The minimum atomic E-state index is -0.475. The maximum absolute atomic E-state index is 13.0. The molecule has 11 heteroatoms. The lowest BCUT2D eigenvalue weighted by molar-refractivity contribution is -0.384. The number of methoxy groups -OCH3 is 1. The fraction of sp³-hybridized carbons (Fsp3) is 0.233. The molecule has 10 nitrogen and oxygen atoms in total. The van der Waals surface area contributed by atoms with Crippen molar-refractivity contribution in [2.75, 3.05) is 19.0 Å². The Kier molecular flexibility index (Phi) is 8.25. The van der Waals surface area contributed by atoms with Gasteiger partial charge in [0.25, 0.3) is 5.69 Å². The zero-order valence-corrected chi connectivity index (χ0v) is 23.4. The molecule has 0 radical (unpaired) electrons. The van der Waals surface area contributed by atoms with Crippen molar-refractivity contribution in [1.29, 1.82) is 0 Å². The van der Waals surface area contributed by atoms with Gasteiger partial charge in [-0.2, -0.15) is 0 Å². The minimum Gasteiger partial charge on any atom is -0.496 e. The van der Waals surface area contributed by atoms with Crippen molar-refractivity contribution in [2.45, 2.75) is 31.8 Å². The molecule has 2 aromatic heterocycles. The molecule has 0 saturated carbocycles. The Hall–Kier alpha value is -4.77. The average molecular weight is 572 g/mol. The van der Waals surface area contributed by atoms with Crippen LogP contribution in [-0.4, -0.2) is 39.5 Å². The summed E-state index contributed by atoms with van der Waals surface area (Å²) < 4.78 is 11.8. The molecular formula is C30H29N5O5S. The minimum absolute atomic E-state index is 0.0797. The number of carbonyl (C=O) groups excluding carboxylic acids is 1. The van der Waals surface area contributed by atoms with Crippen LogP contribution >= 0.6 is 12.2 Å². The molecule has 5 rings (SSSR count). The molecular weight excluding hydrogens is 542 g/mol. The molecule has 1 amide bonds. The first-order chi connectivity index (χ1) is 19.9. The molecule has 1 saturated heterocycles. The molecule has 3 heterocycles. The van der Waals surface area contributed by atoms with E-state index in [0.717, 1.165) is 23.4 Å². The average Bonchev–Trinajstić information content (AvgIpc) is 3.60. The van der Waals surface area contributed by atoms with Gasteiger partial charge in [-0.05, 0) is 60.6 Å². The Morgan fingerprint density at radius 3 is 2.71 bits per heavy atom. The third-order valence-electron chi connectivity index (χ3n) is 7.03. The van der Waals surface area contributed by atoms with Crippen molar-refractivity contribution in [1.82, 2.24) is 15.2 Å². The number of para-hydroxylation sites is 1. The summed E-state index contributed by atoms with van der Waals surface area (Å²) in [6.07, 6.45) is 2.73. The lowest BCUT2D eigenvalue weighted by atomic mass is 10.0. The number of non-ortho nitro benzene ring substituents is 1. The van der Waals surface area contributed by atoms with Crippen molar-refractivity contribution in [3.8, 4) is 17.1 Å². The number of benzene rings is 2. The molecule has 0 spiro atoms. The van der Waals surface area contributed by atoms with Crippen LogP contribution in [0.2, 0.25) is 0 Å². The van der Waals surface area contributed by atoms with Gasteiger partial charge in [0.1, 0.15) is 23.3 Å². The number of aromatic nitrogens is 1. The highest BCUT2D eigenvalue weighted by Crippen LogP contribution is 2.42. The first kappa shape index (κ1) is 27.8. The highest BCUT2D eigenvalue weighted by atomic mass is 32.1. The van der Waals surface area contributed by atoms with Crippen molar-refractivity contribution >= 4 is 34.6 Å². The number of amides is 1. The summed E-state index contributed by atoms with van der Waals surface area (Å²) in [6, 6.07) is 20.7. The van der Waals surface area contributed by atoms with E-state index in [4.69, 9.17) is 21.4 Å². The van der Waals surface area contributed by atoms with E-state index in [0.29, 0.717) is 34.5 Å². The van der Waals surface area contributed by atoms with E-state index in [1.54, 1.807) is 18.3 Å². The van der Waals surface area contributed by atoms with E-state index in [-0.39, 0.29) is 24.1 Å². The number of nitrogens with one attached hydrogen (secondary N) is 2. The maximum Gasteiger partial charge on any atom is 0.273 e. The lowest BCUT2D eigenvalue weighted by Crippen LogP contribution is -2.32. The normalized spacial score (nSPS) is 16.3. The molecule has 2 N–H and O–H groups in total. The quantitative estimate of drug-likeness (QED) is 0.138. The molecule has 2 atom stereocenters. The molecule has 0 bridgehead atoms. The van der Waals surface area contributed by atoms with E-state index < -0.39 is 11.0 Å². The van der Waals surface area contributed by atoms with Gasteiger partial charge in [0, 0.05) is 30.9 Å². The van der Waals surface area contributed by atoms with E-state index in [1.165, 1.54) is 19.2 Å². The number of rotatable bonds is 10. The highest BCUT2D eigenvalue weighted by molar-refractivity contribution is 7.80. The van der Waals surface area contributed by atoms with Gasteiger partial charge in [-0.25, -0.2) is 0 Å². The number of furan rings is 1. The molecule has 0 unspecified atom stereocenters. The number of nitro groups is 1. The molecule has 1 aliphatic heterocycles. The number of ether oxygens (including phenoxy) is 1. The standard InChI is InChI=1S/C30H29N5O5S/c1-3-19-8-4-5-9-22(19)32-27(36)15-17-34-29(28(33-30(34)41)23-10-6-7-16-31-23)25-14-13-24(40-25)21-12-11-20(35(37)38)18-26(21)39-2/h4-14,16,18,28-29H,3,15,17H2,1-2H3,(H,32,36)(H,33,41)/t28-,29+/m1/s1. The van der Waals surface area contributed by atoms with Crippen LogP contribution in [0.25, 0.3) is 11.3 Å². The number of anilines is 1. The second-order valence-corrected chi connectivity index (χ2v) is 9.86. The van der Waals surface area contributed by atoms with Crippen molar-refractivity contribution in [2.24, 2.45) is 0 Å². The van der Waals surface area contributed by atoms with Crippen LogP contribution in [-0.2, 0) is 11.2 Å². The topological polar surface area (TPSA) is 123 Å². The predicted molar refractivity (Wildman–Crippen MR) is 159 cm³/mol. The lowest BCUT2D eigenvalue weighted by Gasteiger charge is -2.26. The van der Waals surface area contributed by atoms with Gasteiger partial charge in [-0.3, -0.25) is 19.9 Å². The Morgan fingerprint density at radius 2 is 1.98 bits per heavy atom. The fourth-order valence-electron chi connectivity index (χ4n) is 4.99. The highest BCUT2D eigenvalue weighted by Gasteiger charge is 2.41. The van der Waals surface area contributed by atoms with Gasteiger partial charge in [-0.15, -0.1) is 0 Å². The predicted octanol–water partition coefficient (Wildman–Crippen LogP) is 5.82. The fourth-order valence-corrected chi connectivity index (χ4v) is 5.33. The Morgan fingerprint density at radius 1 is 1.17 bits per heavy atom. The monoisotopic (exact) mass is 571 g/mol. The van der Waals surface area contributed by atoms with Crippen LogP contribution in [0.1, 0.15) is 42.4 Å². The Bertz CT molecular complexity index is 1570. The second-order valence-electron chi connectivity index (χ2n) is 9.47. The van der Waals surface area contributed by atoms with Crippen LogP contribution in [0, 0.1) is 10.1 Å². The Balaban J connectivity index is 1.43. The number of nitrogens with zero attached hydrogens (tertiary/aromatic N) is 3. The van der Waals surface area contributed by atoms with Gasteiger partial charge in [0.15, 0.2) is 5.11 Å². The van der Waals surface area contributed by atoms with E-state index in [2.05, 4.69) is 15.6 Å². The molecule has 2 aromatic carbocycles. The maximum atomic E-state index is 13.0. The van der Waals surface area contributed by atoms with Gasteiger partial charge in [-0.1, -0.05) is 31.2 Å². The summed E-state index contributed by atoms with van der Waals surface area (Å²) >= 11 is 5.72. The van der Waals surface area contributed by atoms with Crippen LogP contribution in [0.5, 0.6) is 5.75 Å². The second kappa shape index (κ2) is 12.2. The molecule has 210 valence electrons. The zero-order valence-electron chi connectivity index (χ0n) is 22.6. The van der Waals surface area contributed by atoms with Crippen molar-refractivity contribution in [3.05, 3.63) is 106 Å². The first-order valence-electron chi connectivity index (χ1n) is 13.2. The number of carbonyl (C=O) groups is 1. The number of thiocarbonyl (C=S) groups is 1. The smallest absolute Gasteiger partial charge is 0.273 e. The SMILES string of the molecule is CCc1ccccc1NC(=O)CCN1C(=S)N[C@H](c2ccccn2)[C@@H]1c1ccc(-c2ccc([N+](=O)[O-])cc2OC)o1. The molecule has 4 aromatic rings. The van der Waals surface area contributed by atoms with Crippen LogP contribution in [0.3, 0.4) is 0 Å². The number of hydrogen-bond donors (Lipinski definition) is 2. The zero-order chi connectivity index (χ0) is 28.9. The number of pyridine rings is 1. The summed E-state index contributed by atoms with van der Waals surface area (Å²) in [5.41, 5.74) is 3.14. The third kappa shape index (κ3) is 5.90. The van der Waals surface area contributed by atoms with Gasteiger partial charge < -0.3 is 24.7 Å². The first-order valence-corrected chi connectivity index (χ1v) is 13.6. The van der Waals surface area contributed by atoms with Crippen molar-refractivity contribution < 1.29 is 18.9 Å². The molecule has 1 fully saturated rings. The molecule has 1 aliphatic rings. The summed E-state index contributed by atoms with van der Waals surface area (Å²) in [4.78, 5) is 30.2. The van der Waals surface area contributed by atoms with E-state index in [1.807, 2.05) is 60.4 Å². The summed E-state index contributed by atoms with van der Waals surface area (Å²) in [6.45, 7) is 2.39. The summed E-state index contributed by atoms with van der Waals surface area (Å²) in [5.74, 6) is 1.28. The van der Waals surface area contributed by atoms with Crippen LogP contribution in [0.4, 0.5) is 11.4 Å².